The molecule has 2 aliphatic rings. The van der Waals surface area contributed by atoms with Crippen LogP contribution in [0.1, 0.15) is 34.8 Å². The normalized spacial score (nSPS) is 20.5. The van der Waals surface area contributed by atoms with Gasteiger partial charge in [0.15, 0.2) is 17.7 Å². The van der Waals surface area contributed by atoms with Crippen LogP contribution in [0.4, 0.5) is 8.78 Å². The number of aliphatic hydroxyl groups is 2. The molecule has 5 rings (SSSR count). The Bertz CT molecular complexity index is 1630. The summed E-state index contributed by atoms with van der Waals surface area (Å²) >= 11 is 5.79. The molecule has 12 heteroatoms. The molecule has 1 aliphatic heterocycles. The minimum atomic E-state index is -1.52. The molecule has 1 saturated heterocycles. The number of aliphatic hydroxyl groups excluding tert-OH is 2. The van der Waals surface area contributed by atoms with E-state index in [1.54, 1.807) is 18.2 Å². The Balaban J connectivity index is 1.36. The maximum Gasteiger partial charge on any atom is 0.243 e. The first-order valence-electron chi connectivity index (χ1n) is 12.9. The molecule has 1 unspecified atom stereocenters. The van der Waals surface area contributed by atoms with Crippen molar-refractivity contribution in [3.63, 3.8) is 0 Å². The number of nitrogens with zero attached hydrogens (tertiary/aromatic N) is 2. The number of rotatable bonds is 8. The molecule has 1 aliphatic carbocycles. The van der Waals surface area contributed by atoms with Crippen molar-refractivity contribution in [1.82, 2.24) is 14.8 Å². The summed E-state index contributed by atoms with van der Waals surface area (Å²) in [6.07, 6.45) is -1.63. The Kier molecular flexibility index (Phi) is 7.67. The van der Waals surface area contributed by atoms with Crippen molar-refractivity contribution in [1.29, 1.82) is 0 Å². The SMILES string of the molecule is CC(=O)c1cn(CC(=O)N2C[C@H](F)C[C@H]2C(=O)NCc2cccc(Cl)c2F)c2cc(CC3=C(O)C(O)C3=O)ccc12. The Hall–Kier alpha value is -4.09. The van der Waals surface area contributed by atoms with Gasteiger partial charge in [-0.1, -0.05) is 35.9 Å². The van der Waals surface area contributed by atoms with Gasteiger partial charge in [0, 0.05) is 53.2 Å². The van der Waals surface area contributed by atoms with Gasteiger partial charge in [0.2, 0.25) is 11.8 Å². The van der Waals surface area contributed by atoms with Crippen LogP contribution in [0, 0.1) is 5.82 Å². The van der Waals surface area contributed by atoms with E-state index in [0.29, 0.717) is 22.0 Å². The van der Waals surface area contributed by atoms with Gasteiger partial charge in [0.1, 0.15) is 30.3 Å². The zero-order valence-corrected chi connectivity index (χ0v) is 22.6. The van der Waals surface area contributed by atoms with Gasteiger partial charge in [0.25, 0.3) is 0 Å². The number of hydrogen-bond donors (Lipinski definition) is 3. The number of carbonyl (C=O) groups is 4. The predicted octanol–water partition coefficient (Wildman–Crippen LogP) is 3.19. The number of carbonyl (C=O) groups excluding carboxylic acids is 4. The first-order chi connectivity index (χ1) is 19.5. The highest BCUT2D eigenvalue weighted by Crippen LogP contribution is 2.30. The number of Topliss-reactive ketones (excluding diaryl/α,β-unsaturated/α-hetero) is 2. The van der Waals surface area contributed by atoms with Crippen LogP contribution in [-0.4, -0.2) is 67.9 Å². The number of ketones is 2. The van der Waals surface area contributed by atoms with Crippen LogP contribution >= 0.6 is 11.6 Å². The number of amides is 2. The fourth-order valence-corrected chi connectivity index (χ4v) is 5.47. The van der Waals surface area contributed by atoms with Crippen molar-refractivity contribution in [3.05, 3.63) is 81.5 Å². The highest BCUT2D eigenvalue weighted by molar-refractivity contribution is 6.30. The molecule has 0 spiro atoms. The highest BCUT2D eigenvalue weighted by Gasteiger charge is 2.40. The van der Waals surface area contributed by atoms with Crippen molar-refractivity contribution in [2.24, 2.45) is 0 Å². The number of benzene rings is 2. The highest BCUT2D eigenvalue weighted by atomic mass is 35.5. The second-order valence-electron chi connectivity index (χ2n) is 10.2. The first-order valence-corrected chi connectivity index (χ1v) is 13.2. The Labute approximate surface area is 238 Å². The van der Waals surface area contributed by atoms with Gasteiger partial charge in [0.05, 0.1) is 11.6 Å². The van der Waals surface area contributed by atoms with Gasteiger partial charge >= 0.3 is 0 Å². The number of likely N-dealkylation sites (tertiary alicyclic amines) is 1. The third-order valence-electron chi connectivity index (χ3n) is 7.48. The third-order valence-corrected chi connectivity index (χ3v) is 7.78. The summed E-state index contributed by atoms with van der Waals surface area (Å²) < 4.78 is 30.2. The van der Waals surface area contributed by atoms with Crippen molar-refractivity contribution in [2.45, 2.75) is 51.2 Å². The van der Waals surface area contributed by atoms with Crippen molar-refractivity contribution < 1.29 is 38.2 Å². The molecule has 0 saturated carbocycles. The fourth-order valence-electron chi connectivity index (χ4n) is 5.27. The Morgan fingerprint density at radius 3 is 2.66 bits per heavy atom. The van der Waals surface area contributed by atoms with Gasteiger partial charge < -0.3 is 25.0 Å². The largest absolute Gasteiger partial charge is 0.509 e. The standard InChI is InChI=1S/C29H26ClF2N3O6/c1-14(36)20-12-34(22-8-15(5-6-18(20)22)7-19-26(38)28(40)27(19)39)13-24(37)35-11-17(31)9-23(35)29(41)33-10-16-3-2-4-21(30)25(16)32/h2-6,8,12,17,23,28,38,40H,7,9-11,13H2,1H3,(H,33,41)/t17-,23+,28?/m1/s1. The van der Waals surface area contributed by atoms with Gasteiger partial charge in [-0.25, -0.2) is 8.78 Å². The molecule has 1 aromatic heterocycles. The van der Waals surface area contributed by atoms with E-state index < -0.39 is 41.7 Å². The van der Waals surface area contributed by atoms with E-state index in [4.69, 9.17) is 11.6 Å². The van der Waals surface area contributed by atoms with Crippen LogP contribution < -0.4 is 5.32 Å². The minimum Gasteiger partial charge on any atom is -0.509 e. The lowest BCUT2D eigenvalue weighted by molar-refractivity contribution is -0.139. The number of halogens is 3. The summed E-state index contributed by atoms with van der Waals surface area (Å²) in [6, 6.07) is 8.25. The molecule has 2 heterocycles. The van der Waals surface area contributed by atoms with Gasteiger partial charge in [-0.3, -0.25) is 19.2 Å². The number of alkyl halides is 1. The Morgan fingerprint density at radius 2 is 1.95 bits per heavy atom. The molecule has 2 amide bonds. The van der Waals surface area contributed by atoms with Crippen LogP contribution in [0.2, 0.25) is 5.02 Å². The molecule has 3 N–H and O–H groups in total. The van der Waals surface area contributed by atoms with Crippen LogP contribution in [0.25, 0.3) is 10.9 Å². The monoisotopic (exact) mass is 585 g/mol. The molecule has 2 aromatic carbocycles. The molecular formula is C29H26ClF2N3O6. The first kappa shape index (κ1) is 28.4. The summed E-state index contributed by atoms with van der Waals surface area (Å²) in [5.41, 5.74) is 1.65. The smallest absolute Gasteiger partial charge is 0.243 e. The van der Waals surface area contributed by atoms with Crippen molar-refractivity contribution >= 4 is 45.9 Å². The summed E-state index contributed by atoms with van der Waals surface area (Å²) in [6.45, 7) is 0.575. The second kappa shape index (κ2) is 11.1. The molecular weight excluding hydrogens is 560 g/mol. The van der Waals surface area contributed by atoms with E-state index in [0.717, 1.165) is 4.90 Å². The number of nitrogens with one attached hydrogen (secondary N) is 1. The average Bonchev–Trinajstić information content (AvgIpc) is 3.52. The van der Waals surface area contributed by atoms with Crippen LogP contribution in [0.3, 0.4) is 0 Å². The topological polar surface area (TPSA) is 129 Å². The quantitative estimate of drug-likeness (QED) is 0.348. The summed E-state index contributed by atoms with van der Waals surface area (Å²) in [7, 11) is 0. The van der Waals surface area contributed by atoms with Crippen molar-refractivity contribution in [3.8, 4) is 0 Å². The molecule has 3 aromatic rings. The molecule has 0 radical (unpaired) electrons. The lowest BCUT2D eigenvalue weighted by Crippen LogP contribution is -2.46. The van der Waals surface area contributed by atoms with Crippen LogP contribution in [-0.2, 0) is 33.9 Å². The van der Waals surface area contributed by atoms with Crippen molar-refractivity contribution in [2.75, 3.05) is 6.54 Å². The van der Waals surface area contributed by atoms with E-state index in [1.165, 1.54) is 35.9 Å². The summed E-state index contributed by atoms with van der Waals surface area (Å²) in [5.74, 6) is -3.09. The molecule has 9 nitrogen and oxygen atoms in total. The second-order valence-corrected chi connectivity index (χ2v) is 10.6. The molecule has 3 atom stereocenters. The van der Waals surface area contributed by atoms with E-state index in [1.807, 2.05) is 0 Å². The van der Waals surface area contributed by atoms with E-state index >= 15 is 0 Å². The van der Waals surface area contributed by atoms with Crippen LogP contribution in [0.15, 0.2) is 53.9 Å². The van der Waals surface area contributed by atoms with Crippen LogP contribution in [0.5, 0.6) is 0 Å². The third kappa shape index (κ3) is 5.34. The zero-order valence-electron chi connectivity index (χ0n) is 21.9. The van der Waals surface area contributed by atoms with E-state index in [9.17, 15) is 38.2 Å². The van der Waals surface area contributed by atoms with E-state index in [-0.39, 0.29) is 60.2 Å². The number of fused-ring (bicyclic) bond motifs is 1. The summed E-state index contributed by atoms with van der Waals surface area (Å²) in [4.78, 5) is 51.7. The molecule has 214 valence electrons. The zero-order chi connectivity index (χ0) is 29.6. The molecule has 1 fully saturated rings. The summed E-state index contributed by atoms with van der Waals surface area (Å²) in [5, 5.41) is 22.3. The maximum atomic E-state index is 14.5. The average molecular weight is 586 g/mol. The van der Waals surface area contributed by atoms with Gasteiger partial charge in [-0.05, 0) is 24.6 Å². The Morgan fingerprint density at radius 1 is 1.20 bits per heavy atom. The lowest BCUT2D eigenvalue weighted by atomic mass is 9.86. The van der Waals surface area contributed by atoms with Gasteiger partial charge in [-0.15, -0.1) is 0 Å². The minimum absolute atomic E-state index is 0.0390. The number of hydrogen-bond acceptors (Lipinski definition) is 6. The molecule has 0 bridgehead atoms. The lowest BCUT2D eigenvalue weighted by Gasteiger charge is -2.24. The fraction of sp³-hybridized carbons (Fsp3) is 0.310. The van der Waals surface area contributed by atoms with Gasteiger partial charge in [-0.2, -0.15) is 0 Å². The molecule has 41 heavy (non-hydrogen) atoms. The predicted molar refractivity (Wildman–Crippen MR) is 145 cm³/mol. The van der Waals surface area contributed by atoms with E-state index in [2.05, 4.69) is 5.32 Å². The number of aromatic nitrogens is 1. The maximum absolute atomic E-state index is 14.5.